The first-order valence-corrected chi connectivity index (χ1v) is 8.62. The van der Waals surface area contributed by atoms with Gasteiger partial charge in [-0.3, -0.25) is 9.69 Å². The highest BCUT2D eigenvalue weighted by Gasteiger charge is 2.27. The van der Waals surface area contributed by atoms with Crippen LogP contribution in [0.2, 0.25) is 0 Å². The first-order chi connectivity index (χ1) is 12.3. The van der Waals surface area contributed by atoms with Crippen molar-refractivity contribution in [2.24, 2.45) is 0 Å². The highest BCUT2D eigenvalue weighted by molar-refractivity contribution is 6.03. The van der Waals surface area contributed by atoms with Crippen LogP contribution in [0.25, 0.3) is 0 Å². The van der Waals surface area contributed by atoms with Gasteiger partial charge in [0, 0.05) is 17.8 Å². The molecule has 26 heavy (non-hydrogen) atoms. The third kappa shape index (κ3) is 4.02. The molecule has 140 valence electrons. The number of ether oxygens (including phenoxy) is 1. The molecular formula is C20H25FN2O3. The molecular weight excluding hydrogens is 335 g/mol. The summed E-state index contributed by atoms with van der Waals surface area (Å²) in [5.74, 6) is -0.888. The van der Waals surface area contributed by atoms with Gasteiger partial charge in [-0.2, -0.15) is 0 Å². The summed E-state index contributed by atoms with van der Waals surface area (Å²) in [6.07, 6.45) is 0. The Morgan fingerprint density at radius 1 is 1.27 bits per heavy atom. The Hall–Kier alpha value is -2.47. The SMILES string of the molecule is CCOC(=O)c1c(C)[nH]c(C(=O)[C@H](C)N(C)Cc2ccccc2F)c1C. The molecule has 1 heterocycles. The molecule has 0 saturated heterocycles. The van der Waals surface area contributed by atoms with Crippen LogP contribution in [0.15, 0.2) is 24.3 Å². The molecule has 2 aromatic rings. The van der Waals surface area contributed by atoms with E-state index >= 15 is 0 Å². The lowest BCUT2D eigenvalue weighted by Crippen LogP contribution is -2.36. The van der Waals surface area contributed by atoms with Crippen LogP contribution in [-0.4, -0.2) is 41.3 Å². The summed E-state index contributed by atoms with van der Waals surface area (Å²) in [7, 11) is 1.77. The Balaban J connectivity index is 2.21. The molecule has 1 N–H and O–H groups in total. The lowest BCUT2D eigenvalue weighted by molar-refractivity contribution is 0.0525. The number of hydrogen-bond donors (Lipinski definition) is 1. The molecule has 0 spiro atoms. The van der Waals surface area contributed by atoms with Gasteiger partial charge >= 0.3 is 5.97 Å². The van der Waals surface area contributed by atoms with E-state index in [9.17, 15) is 14.0 Å². The van der Waals surface area contributed by atoms with E-state index in [4.69, 9.17) is 4.74 Å². The van der Waals surface area contributed by atoms with Crippen molar-refractivity contribution in [3.05, 3.63) is 58.2 Å². The Kier molecular flexibility index (Phi) is 6.32. The zero-order chi connectivity index (χ0) is 19.4. The number of carbonyl (C=O) groups is 2. The molecule has 1 aromatic carbocycles. The predicted octanol–water partition coefficient (Wildman–Crippen LogP) is 3.65. The van der Waals surface area contributed by atoms with Gasteiger partial charge in [0.15, 0.2) is 5.78 Å². The average molecular weight is 360 g/mol. The van der Waals surface area contributed by atoms with Crippen LogP contribution in [0.3, 0.4) is 0 Å². The van der Waals surface area contributed by atoms with Gasteiger partial charge in [-0.25, -0.2) is 9.18 Å². The zero-order valence-electron chi connectivity index (χ0n) is 15.9. The zero-order valence-corrected chi connectivity index (χ0v) is 15.9. The number of rotatable bonds is 7. The fourth-order valence-electron chi connectivity index (χ4n) is 2.95. The number of hydrogen-bond acceptors (Lipinski definition) is 4. The minimum Gasteiger partial charge on any atom is -0.462 e. The molecule has 1 aromatic heterocycles. The highest BCUT2D eigenvalue weighted by atomic mass is 19.1. The number of benzene rings is 1. The van der Waals surface area contributed by atoms with Crippen molar-refractivity contribution in [1.82, 2.24) is 9.88 Å². The number of H-pyrrole nitrogens is 1. The molecule has 0 bridgehead atoms. The van der Waals surface area contributed by atoms with Gasteiger partial charge in [0.05, 0.1) is 23.9 Å². The summed E-state index contributed by atoms with van der Waals surface area (Å²) in [5.41, 5.74) is 2.50. The van der Waals surface area contributed by atoms with Crippen molar-refractivity contribution in [3.8, 4) is 0 Å². The van der Waals surface area contributed by atoms with Crippen molar-refractivity contribution < 1.29 is 18.7 Å². The average Bonchev–Trinajstić information content (AvgIpc) is 2.90. The van der Waals surface area contributed by atoms with E-state index in [0.29, 0.717) is 34.6 Å². The molecule has 0 aliphatic rings. The number of nitrogens with zero attached hydrogens (tertiary/aromatic N) is 1. The van der Waals surface area contributed by atoms with Crippen LogP contribution in [0, 0.1) is 19.7 Å². The Bertz CT molecular complexity index is 813. The maximum absolute atomic E-state index is 13.9. The number of aryl methyl sites for hydroxylation is 1. The van der Waals surface area contributed by atoms with Crippen LogP contribution >= 0.6 is 0 Å². The standard InChI is InChI=1S/C20H25FN2O3/c1-6-26-20(25)17-12(2)18(22-13(17)3)19(24)14(4)23(5)11-15-9-7-8-10-16(15)21/h7-10,14,22H,6,11H2,1-5H3/t14-/m0/s1. The maximum atomic E-state index is 13.9. The van der Waals surface area contributed by atoms with Gasteiger partial charge in [0.2, 0.25) is 0 Å². The lowest BCUT2D eigenvalue weighted by Gasteiger charge is -2.23. The van der Waals surface area contributed by atoms with E-state index in [1.165, 1.54) is 6.07 Å². The smallest absolute Gasteiger partial charge is 0.340 e. The second-order valence-corrected chi connectivity index (χ2v) is 6.39. The highest BCUT2D eigenvalue weighted by Crippen LogP contribution is 2.22. The molecule has 6 heteroatoms. The van der Waals surface area contributed by atoms with E-state index < -0.39 is 12.0 Å². The fraction of sp³-hybridized carbons (Fsp3) is 0.400. The van der Waals surface area contributed by atoms with Gasteiger partial charge in [-0.05, 0) is 46.4 Å². The molecule has 0 saturated carbocycles. The predicted molar refractivity (Wildman–Crippen MR) is 97.9 cm³/mol. The summed E-state index contributed by atoms with van der Waals surface area (Å²) < 4.78 is 18.9. The normalized spacial score (nSPS) is 12.3. The molecule has 0 unspecified atom stereocenters. The summed E-state index contributed by atoms with van der Waals surface area (Å²) in [6.45, 7) is 7.55. The van der Waals surface area contributed by atoms with Crippen LogP contribution in [0.1, 0.15) is 51.5 Å². The van der Waals surface area contributed by atoms with Crippen LogP contribution in [0.4, 0.5) is 4.39 Å². The number of esters is 1. The summed E-state index contributed by atoms with van der Waals surface area (Å²) >= 11 is 0. The molecule has 0 radical (unpaired) electrons. The quantitative estimate of drug-likeness (QED) is 0.605. The number of Topliss-reactive ketones (excluding diaryl/α,β-unsaturated/α-hetero) is 1. The van der Waals surface area contributed by atoms with Crippen LogP contribution in [-0.2, 0) is 11.3 Å². The summed E-state index contributed by atoms with van der Waals surface area (Å²) in [4.78, 5) is 29.8. The molecule has 0 aliphatic heterocycles. The van der Waals surface area contributed by atoms with Crippen molar-refractivity contribution in [1.29, 1.82) is 0 Å². The molecule has 0 fully saturated rings. The van der Waals surface area contributed by atoms with E-state index in [-0.39, 0.29) is 18.2 Å². The van der Waals surface area contributed by atoms with Crippen LogP contribution < -0.4 is 0 Å². The first kappa shape index (κ1) is 19.8. The Labute approximate surface area is 153 Å². The number of likely N-dealkylation sites (N-methyl/N-ethyl adjacent to an activating group) is 1. The van der Waals surface area contributed by atoms with E-state index in [1.807, 2.05) is 0 Å². The fourth-order valence-corrected chi connectivity index (χ4v) is 2.95. The number of carbonyl (C=O) groups excluding carboxylic acids is 2. The summed E-state index contributed by atoms with van der Waals surface area (Å²) in [6, 6.07) is 6.02. The van der Waals surface area contributed by atoms with Crippen molar-refractivity contribution in [2.45, 2.75) is 40.3 Å². The van der Waals surface area contributed by atoms with E-state index in [1.54, 1.807) is 57.8 Å². The van der Waals surface area contributed by atoms with Crippen molar-refractivity contribution in [3.63, 3.8) is 0 Å². The topological polar surface area (TPSA) is 62.4 Å². The molecule has 5 nitrogen and oxygen atoms in total. The molecule has 1 atom stereocenters. The number of aromatic amines is 1. The van der Waals surface area contributed by atoms with Gasteiger partial charge in [-0.15, -0.1) is 0 Å². The van der Waals surface area contributed by atoms with Gasteiger partial charge in [0.25, 0.3) is 0 Å². The van der Waals surface area contributed by atoms with Crippen molar-refractivity contribution in [2.75, 3.05) is 13.7 Å². The molecule has 2 rings (SSSR count). The minimum absolute atomic E-state index is 0.153. The molecule has 0 aliphatic carbocycles. The Morgan fingerprint density at radius 3 is 2.54 bits per heavy atom. The second-order valence-electron chi connectivity index (χ2n) is 6.39. The molecule has 0 amide bonds. The number of ketones is 1. The van der Waals surface area contributed by atoms with E-state index in [0.717, 1.165) is 0 Å². The largest absolute Gasteiger partial charge is 0.462 e. The minimum atomic E-state index is -0.485. The summed E-state index contributed by atoms with van der Waals surface area (Å²) in [5, 5.41) is 0. The van der Waals surface area contributed by atoms with E-state index in [2.05, 4.69) is 4.98 Å². The number of aromatic nitrogens is 1. The van der Waals surface area contributed by atoms with Gasteiger partial charge in [-0.1, -0.05) is 18.2 Å². The second kappa shape index (κ2) is 8.27. The lowest BCUT2D eigenvalue weighted by atomic mass is 10.0. The Morgan fingerprint density at radius 2 is 1.92 bits per heavy atom. The number of nitrogens with one attached hydrogen (secondary N) is 1. The van der Waals surface area contributed by atoms with Gasteiger partial charge < -0.3 is 9.72 Å². The number of halogens is 1. The van der Waals surface area contributed by atoms with Crippen molar-refractivity contribution >= 4 is 11.8 Å². The van der Waals surface area contributed by atoms with Crippen LogP contribution in [0.5, 0.6) is 0 Å². The van der Waals surface area contributed by atoms with Gasteiger partial charge in [0.1, 0.15) is 5.82 Å². The first-order valence-electron chi connectivity index (χ1n) is 8.62. The third-order valence-corrected chi connectivity index (χ3v) is 4.58. The third-order valence-electron chi connectivity index (χ3n) is 4.58. The maximum Gasteiger partial charge on any atom is 0.340 e. The monoisotopic (exact) mass is 360 g/mol.